The Labute approximate surface area is 91.3 Å². The number of hydrogen-bond donors (Lipinski definition) is 2. The Morgan fingerprint density at radius 3 is 2.69 bits per heavy atom. The number of halogens is 2. The number of aliphatic hydroxyl groups is 2. The Bertz CT molecular complexity index is 383. The van der Waals surface area contributed by atoms with E-state index in [0.717, 1.165) is 12.1 Å². The van der Waals surface area contributed by atoms with E-state index >= 15 is 0 Å². The normalized spacial score (nSPS) is 29.6. The van der Waals surface area contributed by atoms with Gasteiger partial charge in [0.2, 0.25) is 0 Å². The highest BCUT2D eigenvalue weighted by molar-refractivity contribution is 5.22. The van der Waals surface area contributed by atoms with Crippen molar-refractivity contribution in [3.63, 3.8) is 0 Å². The monoisotopic (exact) mass is 230 g/mol. The van der Waals surface area contributed by atoms with Crippen molar-refractivity contribution in [3.8, 4) is 0 Å². The summed E-state index contributed by atoms with van der Waals surface area (Å²) in [5.41, 5.74) is 0.205. The third-order valence-corrected chi connectivity index (χ3v) is 2.71. The van der Waals surface area contributed by atoms with Crippen LogP contribution in [0.2, 0.25) is 0 Å². The zero-order valence-corrected chi connectivity index (χ0v) is 8.44. The topological polar surface area (TPSA) is 49.7 Å². The number of ether oxygens (including phenoxy) is 1. The first kappa shape index (κ1) is 11.4. The molecule has 2 N–H and O–H groups in total. The molecule has 1 fully saturated rings. The SMILES string of the molecule is OC[C@H]1O[C@H](c2ccc(F)cc2F)C[C@@H]1O. The summed E-state index contributed by atoms with van der Waals surface area (Å²) in [5, 5.41) is 18.4. The number of benzene rings is 1. The van der Waals surface area contributed by atoms with Gasteiger partial charge < -0.3 is 14.9 Å². The first-order chi connectivity index (χ1) is 7.61. The van der Waals surface area contributed by atoms with E-state index in [1.807, 2.05) is 0 Å². The molecule has 0 aliphatic carbocycles. The average Bonchev–Trinajstić information content (AvgIpc) is 2.59. The lowest BCUT2D eigenvalue weighted by Crippen LogP contribution is -2.24. The largest absolute Gasteiger partial charge is 0.394 e. The first-order valence-corrected chi connectivity index (χ1v) is 5.01. The molecule has 1 aliphatic rings. The van der Waals surface area contributed by atoms with Crippen molar-refractivity contribution in [2.75, 3.05) is 6.61 Å². The molecule has 0 radical (unpaired) electrons. The van der Waals surface area contributed by atoms with Crippen LogP contribution in [-0.4, -0.2) is 29.0 Å². The molecule has 3 nitrogen and oxygen atoms in total. The van der Waals surface area contributed by atoms with Gasteiger partial charge in [0.25, 0.3) is 0 Å². The molecule has 1 aromatic rings. The molecule has 0 aromatic heterocycles. The first-order valence-electron chi connectivity index (χ1n) is 5.01. The van der Waals surface area contributed by atoms with Gasteiger partial charge in [0.15, 0.2) is 0 Å². The Hall–Kier alpha value is -1.04. The van der Waals surface area contributed by atoms with Crippen LogP contribution in [0.4, 0.5) is 8.78 Å². The van der Waals surface area contributed by atoms with E-state index in [1.165, 1.54) is 6.07 Å². The van der Waals surface area contributed by atoms with Gasteiger partial charge in [-0.05, 0) is 6.07 Å². The maximum atomic E-state index is 13.4. The summed E-state index contributed by atoms with van der Waals surface area (Å²) >= 11 is 0. The summed E-state index contributed by atoms with van der Waals surface area (Å²) in [7, 11) is 0. The highest BCUT2D eigenvalue weighted by Gasteiger charge is 2.35. The van der Waals surface area contributed by atoms with Crippen LogP contribution >= 0.6 is 0 Å². The smallest absolute Gasteiger partial charge is 0.131 e. The Morgan fingerprint density at radius 2 is 2.12 bits per heavy atom. The fraction of sp³-hybridized carbons (Fsp3) is 0.455. The average molecular weight is 230 g/mol. The van der Waals surface area contributed by atoms with Gasteiger partial charge in [-0.2, -0.15) is 0 Å². The third-order valence-electron chi connectivity index (χ3n) is 2.71. The van der Waals surface area contributed by atoms with Crippen LogP contribution in [0.25, 0.3) is 0 Å². The summed E-state index contributed by atoms with van der Waals surface area (Å²) in [6, 6.07) is 3.21. The van der Waals surface area contributed by atoms with Crippen LogP contribution < -0.4 is 0 Å². The lowest BCUT2D eigenvalue weighted by atomic mass is 10.0. The molecule has 1 saturated heterocycles. The summed E-state index contributed by atoms with van der Waals surface area (Å²) in [6.07, 6.45) is -1.95. The fourth-order valence-corrected chi connectivity index (χ4v) is 1.86. The molecule has 0 unspecified atom stereocenters. The van der Waals surface area contributed by atoms with Gasteiger partial charge >= 0.3 is 0 Å². The number of hydrogen-bond acceptors (Lipinski definition) is 3. The van der Waals surface area contributed by atoms with E-state index in [0.29, 0.717) is 0 Å². The van der Waals surface area contributed by atoms with Gasteiger partial charge in [0.05, 0.1) is 18.8 Å². The minimum atomic E-state index is -0.820. The Kier molecular flexibility index (Phi) is 3.18. The van der Waals surface area contributed by atoms with E-state index in [-0.39, 0.29) is 18.6 Å². The van der Waals surface area contributed by atoms with Crippen molar-refractivity contribution in [2.45, 2.75) is 24.7 Å². The molecular weight excluding hydrogens is 218 g/mol. The van der Waals surface area contributed by atoms with Crippen molar-refractivity contribution in [2.24, 2.45) is 0 Å². The molecule has 0 amide bonds. The predicted molar refractivity (Wildman–Crippen MR) is 51.7 cm³/mol. The molecular formula is C11H12F2O3. The molecule has 88 valence electrons. The highest BCUT2D eigenvalue weighted by atomic mass is 19.1. The quantitative estimate of drug-likeness (QED) is 0.801. The summed E-state index contributed by atoms with van der Waals surface area (Å²) in [4.78, 5) is 0. The minimum absolute atomic E-state index is 0.202. The Morgan fingerprint density at radius 1 is 1.38 bits per heavy atom. The number of rotatable bonds is 2. The van der Waals surface area contributed by atoms with E-state index in [2.05, 4.69) is 0 Å². The molecule has 1 aromatic carbocycles. The van der Waals surface area contributed by atoms with Crippen LogP contribution in [0.5, 0.6) is 0 Å². The van der Waals surface area contributed by atoms with Crippen molar-refractivity contribution in [1.29, 1.82) is 0 Å². The molecule has 0 saturated carbocycles. The maximum absolute atomic E-state index is 13.4. The van der Waals surface area contributed by atoms with E-state index in [1.54, 1.807) is 0 Å². The zero-order chi connectivity index (χ0) is 11.7. The summed E-state index contributed by atoms with van der Waals surface area (Å²) < 4.78 is 31.3. The number of aliphatic hydroxyl groups excluding tert-OH is 2. The van der Waals surface area contributed by atoms with Crippen LogP contribution in [-0.2, 0) is 4.74 Å². The molecule has 16 heavy (non-hydrogen) atoms. The fourth-order valence-electron chi connectivity index (χ4n) is 1.86. The standard InChI is InChI=1S/C11H12F2O3/c12-6-1-2-7(8(13)3-6)10-4-9(15)11(5-14)16-10/h1-3,9-11,14-15H,4-5H2/t9-,10-,11+/m0/s1. The summed E-state index contributed by atoms with van der Waals surface area (Å²) in [6.45, 7) is -0.319. The lowest BCUT2D eigenvalue weighted by molar-refractivity contribution is -0.0233. The van der Waals surface area contributed by atoms with E-state index in [4.69, 9.17) is 9.84 Å². The second-order valence-electron chi connectivity index (χ2n) is 3.81. The van der Waals surface area contributed by atoms with Crippen molar-refractivity contribution in [3.05, 3.63) is 35.4 Å². The second-order valence-corrected chi connectivity index (χ2v) is 3.81. The van der Waals surface area contributed by atoms with Gasteiger partial charge in [-0.15, -0.1) is 0 Å². The van der Waals surface area contributed by atoms with Gasteiger partial charge in [-0.3, -0.25) is 0 Å². The molecule has 1 aliphatic heterocycles. The maximum Gasteiger partial charge on any atom is 0.131 e. The van der Waals surface area contributed by atoms with E-state index in [9.17, 15) is 13.9 Å². The Balaban J connectivity index is 2.20. The molecule has 3 atom stereocenters. The lowest BCUT2D eigenvalue weighted by Gasteiger charge is -2.12. The van der Waals surface area contributed by atoms with Crippen LogP contribution in [0, 0.1) is 11.6 Å². The second kappa shape index (κ2) is 4.45. The van der Waals surface area contributed by atoms with Crippen LogP contribution in [0.1, 0.15) is 18.1 Å². The molecule has 0 bridgehead atoms. The zero-order valence-electron chi connectivity index (χ0n) is 8.44. The van der Waals surface area contributed by atoms with Crippen molar-refractivity contribution in [1.82, 2.24) is 0 Å². The van der Waals surface area contributed by atoms with Gasteiger partial charge in [0.1, 0.15) is 17.7 Å². The van der Waals surface area contributed by atoms with Gasteiger partial charge in [0, 0.05) is 18.1 Å². The third kappa shape index (κ3) is 2.07. The van der Waals surface area contributed by atoms with Crippen LogP contribution in [0.3, 0.4) is 0 Å². The predicted octanol–water partition coefficient (Wildman–Crippen LogP) is 1.15. The molecule has 2 rings (SSSR count). The molecule has 0 spiro atoms. The highest BCUT2D eigenvalue weighted by Crippen LogP contribution is 2.34. The minimum Gasteiger partial charge on any atom is -0.394 e. The van der Waals surface area contributed by atoms with Crippen LogP contribution in [0.15, 0.2) is 18.2 Å². The van der Waals surface area contributed by atoms with E-state index < -0.39 is 29.9 Å². The molecule has 1 heterocycles. The van der Waals surface area contributed by atoms with Gasteiger partial charge in [-0.25, -0.2) is 8.78 Å². The van der Waals surface area contributed by atoms with Gasteiger partial charge in [-0.1, -0.05) is 6.07 Å². The summed E-state index contributed by atoms with van der Waals surface area (Å²) in [5.74, 6) is -1.35. The molecule has 5 heteroatoms. The van der Waals surface area contributed by atoms with Crippen molar-refractivity contribution < 1.29 is 23.7 Å². The van der Waals surface area contributed by atoms with Crippen molar-refractivity contribution >= 4 is 0 Å².